The van der Waals surface area contributed by atoms with Gasteiger partial charge in [-0.3, -0.25) is 4.79 Å². The number of carboxylic acids is 1. The second-order valence-electron chi connectivity index (χ2n) is 6.59. The van der Waals surface area contributed by atoms with E-state index < -0.39 is 5.97 Å². The highest BCUT2D eigenvalue weighted by Crippen LogP contribution is 2.41. The zero-order chi connectivity index (χ0) is 20.9. The van der Waals surface area contributed by atoms with E-state index >= 15 is 0 Å². The van der Waals surface area contributed by atoms with E-state index in [1.54, 1.807) is 6.07 Å². The molecule has 0 bridgehead atoms. The third-order valence-corrected chi connectivity index (χ3v) is 6.42. The first-order chi connectivity index (χ1) is 14.6. The summed E-state index contributed by atoms with van der Waals surface area (Å²) in [5.41, 5.74) is 3.16. The van der Waals surface area contributed by atoms with E-state index in [2.05, 4.69) is 41.1 Å². The van der Waals surface area contributed by atoms with Crippen molar-refractivity contribution in [3.8, 4) is 16.9 Å². The second-order valence-corrected chi connectivity index (χ2v) is 8.49. The fourth-order valence-electron chi connectivity index (χ4n) is 3.13. The summed E-state index contributed by atoms with van der Waals surface area (Å²) in [6, 6.07) is 27.8. The van der Waals surface area contributed by atoms with Crippen molar-refractivity contribution in [2.75, 3.05) is 10.5 Å². The number of carboxylic acid groups (broad SMARTS) is 1. The predicted octanol–water partition coefficient (Wildman–Crippen LogP) is 6.51. The minimum Gasteiger partial charge on any atom is -0.506 e. The maximum absolute atomic E-state index is 11.0. The van der Waals surface area contributed by atoms with Crippen molar-refractivity contribution in [2.45, 2.75) is 9.79 Å². The SMILES string of the molecule is O=C(O)CSc1cc(NSc2ccc(-c3ccccc3)cc2)c2ccccc2c1O. The normalized spacial score (nSPS) is 10.8. The molecule has 0 aromatic heterocycles. The monoisotopic (exact) mass is 433 g/mol. The molecule has 6 heteroatoms. The molecular weight excluding hydrogens is 414 g/mol. The molecule has 3 N–H and O–H groups in total. The third-order valence-electron chi connectivity index (χ3n) is 4.57. The van der Waals surface area contributed by atoms with E-state index in [0.29, 0.717) is 10.3 Å². The topological polar surface area (TPSA) is 69.6 Å². The van der Waals surface area contributed by atoms with E-state index in [1.807, 2.05) is 42.5 Å². The zero-order valence-corrected chi connectivity index (χ0v) is 17.5. The molecule has 0 spiro atoms. The number of phenols is 1. The molecule has 0 heterocycles. The molecule has 4 rings (SSSR count). The standard InChI is InChI=1S/C24H19NO3S2/c26-23(27)15-29-22-14-21(19-8-4-5-9-20(19)24(22)28)25-30-18-12-10-17(11-13-18)16-6-2-1-3-7-16/h1-14,25,28H,15H2,(H,26,27). The number of aliphatic carboxylic acids is 1. The number of hydrogen-bond acceptors (Lipinski definition) is 5. The van der Waals surface area contributed by atoms with Gasteiger partial charge in [-0.15, -0.1) is 11.8 Å². The van der Waals surface area contributed by atoms with Gasteiger partial charge in [-0.1, -0.05) is 66.7 Å². The average molecular weight is 434 g/mol. The highest BCUT2D eigenvalue weighted by atomic mass is 32.2. The molecule has 0 saturated carbocycles. The highest BCUT2D eigenvalue weighted by molar-refractivity contribution is 8.00. The van der Waals surface area contributed by atoms with Crippen LogP contribution in [-0.4, -0.2) is 21.9 Å². The van der Waals surface area contributed by atoms with E-state index in [1.165, 1.54) is 17.5 Å². The Morgan fingerprint density at radius 1 is 0.833 bits per heavy atom. The van der Waals surface area contributed by atoms with Crippen LogP contribution in [0.15, 0.2) is 94.7 Å². The van der Waals surface area contributed by atoms with Gasteiger partial charge >= 0.3 is 5.97 Å². The van der Waals surface area contributed by atoms with Crippen molar-refractivity contribution >= 4 is 46.1 Å². The predicted molar refractivity (Wildman–Crippen MR) is 125 cm³/mol. The number of fused-ring (bicyclic) bond motifs is 1. The molecule has 4 aromatic carbocycles. The van der Waals surface area contributed by atoms with Crippen molar-refractivity contribution in [3.63, 3.8) is 0 Å². The Balaban J connectivity index is 1.57. The van der Waals surface area contributed by atoms with Gasteiger partial charge in [0.05, 0.1) is 16.3 Å². The molecule has 0 aliphatic rings. The van der Waals surface area contributed by atoms with Crippen LogP contribution in [0.2, 0.25) is 0 Å². The molecule has 0 saturated heterocycles. The van der Waals surface area contributed by atoms with Crippen LogP contribution in [-0.2, 0) is 4.79 Å². The number of phenolic OH excluding ortho intramolecular Hbond substituents is 1. The summed E-state index contributed by atoms with van der Waals surface area (Å²) in [7, 11) is 0. The molecule has 30 heavy (non-hydrogen) atoms. The number of aromatic hydroxyl groups is 1. The highest BCUT2D eigenvalue weighted by Gasteiger charge is 2.13. The number of thioether (sulfide) groups is 1. The van der Waals surface area contributed by atoms with Crippen molar-refractivity contribution < 1.29 is 15.0 Å². The van der Waals surface area contributed by atoms with Crippen molar-refractivity contribution in [1.82, 2.24) is 0 Å². The molecule has 0 aliphatic heterocycles. The van der Waals surface area contributed by atoms with Crippen LogP contribution in [0.25, 0.3) is 21.9 Å². The average Bonchev–Trinajstić information content (AvgIpc) is 2.79. The van der Waals surface area contributed by atoms with Gasteiger partial charge in [-0.05, 0) is 41.3 Å². The Labute approximate surface area is 183 Å². The van der Waals surface area contributed by atoms with E-state index in [4.69, 9.17) is 5.11 Å². The lowest BCUT2D eigenvalue weighted by Gasteiger charge is -2.14. The van der Waals surface area contributed by atoms with Gasteiger partial charge in [0.25, 0.3) is 0 Å². The number of carbonyl (C=O) groups is 1. The lowest BCUT2D eigenvalue weighted by atomic mass is 10.1. The first kappa shape index (κ1) is 20.2. The molecule has 4 nitrogen and oxygen atoms in total. The van der Waals surface area contributed by atoms with Crippen molar-refractivity contribution in [2.24, 2.45) is 0 Å². The molecule has 0 fully saturated rings. The van der Waals surface area contributed by atoms with Crippen LogP contribution in [0, 0.1) is 0 Å². The first-order valence-electron chi connectivity index (χ1n) is 9.29. The van der Waals surface area contributed by atoms with E-state index in [0.717, 1.165) is 33.3 Å². The van der Waals surface area contributed by atoms with Gasteiger partial charge in [-0.2, -0.15) is 0 Å². The summed E-state index contributed by atoms with van der Waals surface area (Å²) in [5, 5.41) is 21.1. The summed E-state index contributed by atoms with van der Waals surface area (Å²) in [5.74, 6) is -0.922. The van der Waals surface area contributed by atoms with E-state index in [9.17, 15) is 9.90 Å². The summed E-state index contributed by atoms with van der Waals surface area (Å²) in [6.45, 7) is 0. The van der Waals surface area contributed by atoms with Crippen LogP contribution in [0.1, 0.15) is 0 Å². The molecule has 4 aromatic rings. The molecule has 0 radical (unpaired) electrons. The summed E-state index contributed by atoms with van der Waals surface area (Å²) in [6.07, 6.45) is 0. The van der Waals surface area contributed by atoms with Crippen LogP contribution in [0.4, 0.5) is 5.69 Å². The zero-order valence-electron chi connectivity index (χ0n) is 15.9. The summed E-state index contributed by atoms with van der Waals surface area (Å²) in [4.78, 5) is 12.5. The van der Waals surface area contributed by atoms with Crippen molar-refractivity contribution in [3.05, 3.63) is 84.9 Å². The number of nitrogens with one attached hydrogen (secondary N) is 1. The van der Waals surface area contributed by atoms with E-state index in [-0.39, 0.29) is 11.5 Å². The van der Waals surface area contributed by atoms with Gasteiger partial charge < -0.3 is 14.9 Å². The largest absolute Gasteiger partial charge is 0.506 e. The number of benzene rings is 4. The Hall–Kier alpha value is -3.09. The smallest absolute Gasteiger partial charge is 0.313 e. The van der Waals surface area contributed by atoms with Gasteiger partial charge in [0.2, 0.25) is 0 Å². The molecule has 0 amide bonds. The van der Waals surface area contributed by atoms with Crippen LogP contribution >= 0.6 is 23.7 Å². The number of anilines is 1. The van der Waals surface area contributed by atoms with Gasteiger partial charge in [0, 0.05) is 15.7 Å². The minimum atomic E-state index is -0.921. The Morgan fingerprint density at radius 2 is 1.47 bits per heavy atom. The first-order valence-corrected chi connectivity index (χ1v) is 11.1. The Morgan fingerprint density at radius 3 is 2.17 bits per heavy atom. The fourth-order valence-corrected chi connectivity index (χ4v) is 4.52. The minimum absolute atomic E-state index is 0.111. The Kier molecular flexibility index (Phi) is 6.16. The van der Waals surface area contributed by atoms with Gasteiger partial charge in [-0.25, -0.2) is 0 Å². The quantitative estimate of drug-likeness (QED) is 0.175. The van der Waals surface area contributed by atoms with Gasteiger partial charge in [0.1, 0.15) is 5.75 Å². The molecule has 0 atom stereocenters. The van der Waals surface area contributed by atoms with Crippen LogP contribution in [0.3, 0.4) is 0 Å². The second kappa shape index (κ2) is 9.15. The maximum atomic E-state index is 11.0. The van der Waals surface area contributed by atoms with Crippen LogP contribution in [0.5, 0.6) is 5.75 Å². The summed E-state index contributed by atoms with van der Waals surface area (Å²) < 4.78 is 3.36. The Bertz CT molecular complexity index is 1180. The number of rotatable bonds is 7. The number of hydrogen-bond donors (Lipinski definition) is 3. The lowest BCUT2D eigenvalue weighted by Crippen LogP contribution is -1.98. The summed E-state index contributed by atoms with van der Waals surface area (Å²) >= 11 is 2.58. The maximum Gasteiger partial charge on any atom is 0.313 e. The third kappa shape index (κ3) is 4.56. The van der Waals surface area contributed by atoms with Crippen molar-refractivity contribution in [1.29, 1.82) is 0 Å². The van der Waals surface area contributed by atoms with Gasteiger partial charge in [0.15, 0.2) is 0 Å². The molecule has 150 valence electrons. The fraction of sp³-hybridized carbons (Fsp3) is 0.0417. The lowest BCUT2D eigenvalue weighted by molar-refractivity contribution is -0.133. The van der Waals surface area contributed by atoms with Crippen LogP contribution < -0.4 is 4.72 Å². The molecular formula is C24H19NO3S2. The molecule has 0 aliphatic carbocycles. The molecule has 0 unspecified atom stereocenters.